The van der Waals surface area contributed by atoms with Gasteiger partial charge in [0.25, 0.3) is 0 Å². The number of nitrogens with zero attached hydrogens (tertiary/aromatic N) is 2. The number of carbonyl (C=O) groups excluding carboxylic acids is 1. The fourth-order valence-corrected chi connectivity index (χ4v) is 5.16. The van der Waals surface area contributed by atoms with Crippen molar-refractivity contribution >= 4 is 17.3 Å². The maximum atomic E-state index is 12.0. The van der Waals surface area contributed by atoms with E-state index in [1.54, 1.807) is 0 Å². The van der Waals surface area contributed by atoms with E-state index in [1.807, 2.05) is 35.2 Å². The van der Waals surface area contributed by atoms with Crippen molar-refractivity contribution in [3.05, 3.63) is 65.9 Å². The number of piperidine rings is 1. The van der Waals surface area contributed by atoms with Crippen molar-refractivity contribution in [2.75, 3.05) is 32.8 Å². The molecule has 3 aromatic rings. The number of carbonyl (C=O) groups is 1. The molecule has 1 N–H and O–H groups in total. The smallest absolute Gasteiger partial charge is 0.210 e. The lowest BCUT2D eigenvalue weighted by Crippen LogP contribution is -2.59. The molecule has 1 saturated heterocycles. The number of hydrogen-bond donors (Lipinski definition) is 1. The molecule has 5 heteroatoms. The van der Waals surface area contributed by atoms with Crippen LogP contribution in [0.25, 0.3) is 10.9 Å². The van der Waals surface area contributed by atoms with Crippen LogP contribution in [0.4, 0.5) is 0 Å². The highest BCUT2D eigenvalue weighted by atomic mass is 16.5. The summed E-state index contributed by atoms with van der Waals surface area (Å²) in [6, 6.07) is 18.5. The third-order valence-corrected chi connectivity index (χ3v) is 6.53. The van der Waals surface area contributed by atoms with Crippen LogP contribution in [-0.2, 0) is 16.8 Å². The minimum absolute atomic E-state index is 0.265. The number of aromatic amines is 1. The minimum Gasteiger partial charge on any atom is -0.492 e. The summed E-state index contributed by atoms with van der Waals surface area (Å²) in [6.45, 7) is 4.19. The van der Waals surface area contributed by atoms with Gasteiger partial charge in [0.1, 0.15) is 12.4 Å². The number of rotatable bonds is 5. The van der Waals surface area contributed by atoms with Crippen LogP contribution in [0.5, 0.6) is 5.75 Å². The number of likely N-dealkylation sites (tertiary alicyclic amines) is 1. The molecule has 1 unspecified atom stereocenters. The van der Waals surface area contributed by atoms with Crippen LogP contribution in [0.15, 0.2) is 54.6 Å². The summed E-state index contributed by atoms with van der Waals surface area (Å²) in [6.07, 6.45) is 4.04. The predicted molar refractivity (Wildman–Crippen MR) is 114 cm³/mol. The quantitative estimate of drug-likeness (QED) is 0.679. The van der Waals surface area contributed by atoms with Gasteiger partial charge in [-0.1, -0.05) is 36.4 Å². The number of fused-ring (bicyclic) bond motifs is 4. The Morgan fingerprint density at radius 3 is 2.76 bits per heavy atom. The standard InChI is InChI=1S/C24H27N3O2/c28-18-27-14-11-21-20-9-4-5-10-22(20)25-23(21)24(27)12-6-13-26(17-24)15-16-29-19-7-2-1-3-8-19/h1-5,7-10,18,25H,6,11-17H2. The van der Waals surface area contributed by atoms with E-state index in [4.69, 9.17) is 4.74 Å². The molecule has 2 aromatic carbocycles. The zero-order valence-electron chi connectivity index (χ0n) is 16.6. The average Bonchev–Trinajstić information content (AvgIpc) is 3.15. The Hall–Kier alpha value is -2.79. The average molecular weight is 389 g/mol. The van der Waals surface area contributed by atoms with E-state index in [0.29, 0.717) is 6.61 Å². The van der Waals surface area contributed by atoms with Crippen molar-refractivity contribution in [1.29, 1.82) is 0 Å². The number of nitrogens with one attached hydrogen (secondary N) is 1. The topological polar surface area (TPSA) is 48.6 Å². The maximum Gasteiger partial charge on any atom is 0.210 e. The van der Waals surface area contributed by atoms with E-state index in [0.717, 1.165) is 57.6 Å². The largest absolute Gasteiger partial charge is 0.492 e. The Balaban J connectivity index is 1.40. The van der Waals surface area contributed by atoms with Crippen molar-refractivity contribution in [2.24, 2.45) is 0 Å². The maximum absolute atomic E-state index is 12.0. The molecule has 5 nitrogen and oxygen atoms in total. The molecule has 29 heavy (non-hydrogen) atoms. The number of aromatic nitrogens is 1. The van der Waals surface area contributed by atoms with Crippen molar-refractivity contribution in [1.82, 2.24) is 14.8 Å². The predicted octanol–water partition coefficient (Wildman–Crippen LogP) is 3.55. The zero-order chi connectivity index (χ0) is 19.7. The minimum atomic E-state index is -0.265. The fraction of sp³-hybridized carbons (Fsp3) is 0.375. The van der Waals surface area contributed by atoms with E-state index in [1.165, 1.54) is 22.2 Å². The second-order valence-corrected chi connectivity index (χ2v) is 8.15. The van der Waals surface area contributed by atoms with Gasteiger partial charge in [-0.2, -0.15) is 0 Å². The molecule has 3 heterocycles. The number of ether oxygens (including phenoxy) is 1. The fourth-order valence-electron chi connectivity index (χ4n) is 5.16. The number of benzene rings is 2. The van der Waals surface area contributed by atoms with E-state index in [2.05, 4.69) is 34.1 Å². The summed E-state index contributed by atoms with van der Waals surface area (Å²) >= 11 is 0. The molecule has 1 fully saturated rings. The lowest BCUT2D eigenvalue weighted by Gasteiger charge is -2.50. The Bertz CT molecular complexity index is 1000. The van der Waals surface area contributed by atoms with Gasteiger partial charge in [0.05, 0.1) is 5.54 Å². The Morgan fingerprint density at radius 1 is 1.07 bits per heavy atom. The van der Waals surface area contributed by atoms with Crippen molar-refractivity contribution in [3.8, 4) is 5.75 Å². The highest BCUT2D eigenvalue weighted by molar-refractivity contribution is 5.85. The first-order valence-electron chi connectivity index (χ1n) is 10.5. The van der Waals surface area contributed by atoms with Crippen LogP contribution in [0.1, 0.15) is 24.1 Å². The SMILES string of the molecule is O=CN1CCc2c([nH]c3ccccc23)C12CCCN(CCOc1ccccc1)C2. The Kier molecular flexibility index (Phi) is 4.76. The first kappa shape index (κ1) is 18.3. The van der Waals surface area contributed by atoms with Gasteiger partial charge in [-0.25, -0.2) is 0 Å². The summed E-state index contributed by atoms with van der Waals surface area (Å²) in [4.78, 5) is 20.2. The van der Waals surface area contributed by atoms with E-state index < -0.39 is 0 Å². The summed E-state index contributed by atoms with van der Waals surface area (Å²) in [5.74, 6) is 0.907. The molecule has 2 aliphatic rings. The molecular formula is C24H27N3O2. The molecule has 1 spiro atoms. The van der Waals surface area contributed by atoms with Gasteiger partial charge in [0, 0.05) is 36.2 Å². The van der Waals surface area contributed by atoms with Crippen LogP contribution in [-0.4, -0.2) is 54.0 Å². The number of hydrogen-bond acceptors (Lipinski definition) is 3. The lowest BCUT2D eigenvalue weighted by molar-refractivity contribution is -0.128. The van der Waals surface area contributed by atoms with Gasteiger partial charge in [-0.05, 0) is 49.6 Å². The zero-order valence-corrected chi connectivity index (χ0v) is 16.6. The van der Waals surface area contributed by atoms with Gasteiger partial charge in [0.2, 0.25) is 6.41 Å². The molecule has 2 aliphatic heterocycles. The van der Waals surface area contributed by atoms with Gasteiger partial charge in [0.15, 0.2) is 0 Å². The summed E-state index contributed by atoms with van der Waals surface area (Å²) in [7, 11) is 0. The van der Waals surface area contributed by atoms with E-state index in [9.17, 15) is 4.79 Å². The highest BCUT2D eigenvalue weighted by Crippen LogP contribution is 2.43. The van der Waals surface area contributed by atoms with Gasteiger partial charge < -0.3 is 14.6 Å². The van der Waals surface area contributed by atoms with Crippen LogP contribution >= 0.6 is 0 Å². The third-order valence-electron chi connectivity index (χ3n) is 6.53. The van der Waals surface area contributed by atoms with Gasteiger partial charge in [-0.15, -0.1) is 0 Å². The number of para-hydroxylation sites is 2. The number of H-pyrrole nitrogens is 1. The summed E-state index contributed by atoms with van der Waals surface area (Å²) in [5.41, 5.74) is 3.54. The van der Waals surface area contributed by atoms with Crippen molar-refractivity contribution in [3.63, 3.8) is 0 Å². The molecular weight excluding hydrogens is 362 g/mol. The Labute approximate surface area is 171 Å². The summed E-state index contributed by atoms with van der Waals surface area (Å²) in [5, 5.41) is 1.30. The molecule has 1 amide bonds. The molecule has 0 bridgehead atoms. The molecule has 1 aromatic heterocycles. The molecule has 150 valence electrons. The molecule has 0 aliphatic carbocycles. The summed E-state index contributed by atoms with van der Waals surface area (Å²) < 4.78 is 5.92. The highest BCUT2D eigenvalue weighted by Gasteiger charge is 2.46. The molecule has 0 radical (unpaired) electrons. The monoisotopic (exact) mass is 389 g/mol. The lowest BCUT2D eigenvalue weighted by atomic mass is 9.79. The van der Waals surface area contributed by atoms with Crippen LogP contribution in [0.2, 0.25) is 0 Å². The third kappa shape index (κ3) is 3.19. The first-order chi connectivity index (χ1) is 14.3. The second kappa shape index (κ2) is 7.56. The molecule has 0 saturated carbocycles. The van der Waals surface area contributed by atoms with E-state index in [-0.39, 0.29) is 5.54 Å². The van der Waals surface area contributed by atoms with Crippen LogP contribution in [0, 0.1) is 0 Å². The second-order valence-electron chi connectivity index (χ2n) is 8.15. The normalized spacial score (nSPS) is 22.0. The molecule has 5 rings (SSSR count). The number of amides is 1. The Morgan fingerprint density at radius 2 is 1.90 bits per heavy atom. The molecule has 1 atom stereocenters. The van der Waals surface area contributed by atoms with Gasteiger partial charge in [-0.3, -0.25) is 9.69 Å². The van der Waals surface area contributed by atoms with Gasteiger partial charge >= 0.3 is 0 Å². The van der Waals surface area contributed by atoms with Crippen molar-refractivity contribution in [2.45, 2.75) is 24.8 Å². The van der Waals surface area contributed by atoms with Crippen LogP contribution < -0.4 is 4.74 Å². The van der Waals surface area contributed by atoms with Crippen molar-refractivity contribution < 1.29 is 9.53 Å². The van der Waals surface area contributed by atoms with E-state index >= 15 is 0 Å². The van der Waals surface area contributed by atoms with Crippen LogP contribution in [0.3, 0.4) is 0 Å². The first-order valence-corrected chi connectivity index (χ1v) is 10.5.